The third kappa shape index (κ3) is 3.07. The fraction of sp³-hybridized carbons (Fsp3) is 0.364. The van der Waals surface area contributed by atoms with Crippen LogP contribution in [0.5, 0.6) is 0 Å². The molecule has 2 aromatic rings. The van der Waals surface area contributed by atoms with Crippen molar-refractivity contribution in [2.45, 2.75) is 38.5 Å². The number of nitrogens with zero attached hydrogens (tertiary/aromatic N) is 2. The van der Waals surface area contributed by atoms with E-state index in [2.05, 4.69) is 5.32 Å². The Kier molecular flexibility index (Phi) is 4.38. The smallest absolute Gasteiger partial charge is 0.306 e. The normalized spacial score (nSPS) is 17.7. The lowest BCUT2D eigenvalue weighted by atomic mass is 9.95. The molecule has 2 aliphatic rings. The topological polar surface area (TPSA) is 52.7 Å². The van der Waals surface area contributed by atoms with Crippen LogP contribution in [0.15, 0.2) is 48.5 Å². The minimum atomic E-state index is -0.456. The van der Waals surface area contributed by atoms with E-state index in [4.69, 9.17) is 0 Å². The summed E-state index contributed by atoms with van der Waals surface area (Å²) in [6.07, 6.45) is 2.49. The van der Waals surface area contributed by atoms with Gasteiger partial charge in [-0.1, -0.05) is 48.5 Å². The van der Waals surface area contributed by atoms with E-state index in [0.29, 0.717) is 13.1 Å². The van der Waals surface area contributed by atoms with Crippen molar-refractivity contribution in [2.75, 3.05) is 18.4 Å². The van der Waals surface area contributed by atoms with E-state index in [1.54, 1.807) is 10.0 Å². The van der Waals surface area contributed by atoms with Crippen molar-refractivity contribution < 1.29 is 9.59 Å². The summed E-state index contributed by atoms with van der Waals surface area (Å²) in [4.78, 5) is 26.3. The predicted octanol–water partition coefficient (Wildman–Crippen LogP) is 4.02. The van der Waals surface area contributed by atoms with Gasteiger partial charge in [-0.05, 0) is 49.8 Å². The molecule has 140 valence electrons. The maximum atomic E-state index is 13.3. The van der Waals surface area contributed by atoms with Gasteiger partial charge in [-0.25, -0.2) is 14.8 Å². The van der Waals surface area contributed by atoms with Crippen LogP contribution < -0.4 is 5.32 Å². The van der Waals surface area contributed by atoms with Crippen LogP contribution in [0, 0.1) is 13.8 Å². The first-order chi connectivity index (χ1) is 13.0. The van der Waals surface area contributed by atoms with E-state index >= 15 is 0 Å². The van der Waals surface area contributed by atoms with E-state index in [-0.39, 0.29) is 11.9 Å². The second-order valence-electron chi connectivity index (χ2n) is 7.55. The molecule has 5 nitrogen and oxygen atoms in total. The van der Waals surface area contributed by atoms with Gasteiger partial charge in [0.25, 0.3) is 5.91 Å². The molecule has 1 saturated heterocycles. The van der Waals surface area contributed by atoms with Gasteiger partial charge in [-0.15, -0.1) is 0 Å². The summed E-state index contributed by atoms with van der Waals surface area (Å²) in [7, 11) is 0. The number of hydrogen-bond donors (Lipinski definition) is 1. The molecule has 2 aromatic carbocycles. The van der Waals surface area contributed by atoms with Crippen LogP contribution in [0.3, 0.4) is 0 Å². The highest BCUT2D eigenvalue weighted by molar-refractivity contribution is 5.96. The molecule has 1 aliphatic carbocycles. The van der Waals surface area contributed by atoms with Crippen molar-refractivity contribution >= 4 is 17.6 Å². The molecule has 3 amide bonds. The molecule has 0 unspecified atom stereocenters. The number of anilines is 1. The molecule has 1 aliphatic heterocycles. The number of aryl methyl sites for hydroxylation is 2. The fourth-order valence-corrected chi connectivity index (χ4v) is 3.97. The van der Waals surface area contributed by atoms with Gasteiger partial charge in [0, 0.05) is 18.8 Å². The summed E-state index contributed by atoms with van der Waals surface area (Å²) in [5, 5.41) is 6.25. The molecule has 2 fully saturated rings. The van der Waals surface area contributed by atoms with E-state index < -0.39 is 5.41 Å². The molecule has 0 bridgehead atoms. The first-order valence-corrected chi connectivity index (χ1v) is 9.55. The molecule has 27 heavy (non-hydrogen) atoms. The highest BCUT2D eigenvalue weighted by atomic mass is 16.2. The first kappa shape index (κ1) is 17.6. The van der Waals surface area contributed by atoms with Crippen molar-refractivity contribution in [1.82, 2.24) is 10.0 Å². The summed E-state index contributed by atoms with van der Waals surface area (Å²) >= 11 is 0. The monoisotopic (exact) mass is 363 g/mol. The minimum Gasteiger partial charge on any atom is -0.306 e. The molecular weight excluding hydrogens is 338 g/mol. The summed E-state index contributed by atoms with van der Waals surface area (Å²) < 4.78 is 0. The zero-order valence-electron chi connectivity index (χ0n) is 15.9. The number of amides is 3. The Morgan fingerprint density at radius 3 is 2.15 bits per heavy atom. The fourth-order valence-electron chi connectivity index (χ4n) is 3.97. The van der Waals surface area contributed by atoms with Gasteiger partial charge < -0.3 is 5.32 Å². The van der Waals surface area contributed by atoms with E-state index in [1.807, 2.05) is 62.4 Å². The van der Waals surface area contributed by atoms with Gasteiger partial charge in [0.05, 0.1) is 5.41 Å². The maximum absolute atomic E-state index is 13.3. The van der Waals surface area contributed by atoms with E-state index in [0.717, 1.165) is 41.6 Å². The van der Waals surface area contributed by atoms with E-state index in [1.165, 1.54) is 0 Å². The summed E-state index contributed by atoms with van der Waals surface area (Å²) in [5.41, 5.74) is 3.46. The van der Waals surface area contributed by atoms with Crippen molar-refractivity contribution in [3.8, 4) is 0 Å². The number of urea groups is 1. The SMILES string of the molecule is Cc1cccc(C)c1NC(=O)N1CCCN1C(=O)C1(c2ccccc2)CC1. The number of rotatable bonds is 3. The average Bonchev–Trinajstić information content (AvgIpc) is 3.34. The number of benzene rings is 2. The average molecular weight is 363 g/mol. The van der Waals surface area contributed by atoms with Gasteiger partial charge in [0.2, 0.25) is 0 Å². The molecular formula is C22H25N3O2. The lowest BCUT2D eigenvalue weighted by Gasteiger charge is -2.31. The minimum absolute atomic E-state index is 0.0443. The molecule has 0 aromatic heterocycles. The molecule has 5 heteroatoms. The third-order valence-corrected chi connectivity index (χ3v) is 5.70. The molecule has 1 saturated carbocycles. The van der Waals surface area contributed by atoms with Gasteiger partial charge in [0.1, 0.15) is 0 Å². The summed E-state index contributed by atoms with van der Waals surface area (Å²) in [6.45, 7) is 5.11. The molecule has 1 heterocycles. The Morgan fingerprint density at radius 1 is 0.889 bits per heavy atom. The predicted molar refractivity (Wildman–Crippen MR) is 105 cm³/mol. The third-order valence-electron chi connectivity index (χ3n) is 5.70. The maximum Gasteiger partial charge on any atom is 0.340 e. The lowest BCUT2D eigenvalue weighted by molar-refractivity contribution is -0.142. The quantitative estimate of drug-likeness (QED) is 0.896. The molecule has 0 spiro atoms. The summed E-state index contributed by atoms with van der Waals surface area (Å²) in [5.74, 6) is 0.0443. The number of nitrogens with one attached hydrogen (secondary N) is 1. The Balaban J connectivity index is 1.54. The van der Waals surface area contributed by atoms with Crippen LogP contribution >= 0.6 is 0 Å². The number of para-hydroxylation sites is 1. The van der Waals surface area contributed by atoms with Crippen LogP contribution in [0.25, 0.3) is 0 Å². The van der Waals surface area contributed by atoms with Crippen LogP contribution in [0.1, 0.15) is 36.0 Å². The molecule has 0 atom stereocenters. The standard InChI is InChI=1S/C22H25N3O2/c1-16-8-6-9-17(2)19(16)23-21(27)25-15-7-14-24(25)20(26)22(12-13-22)18-10-4-3-5-11-18/h3-6,8-11H,7,12-15H2,1-2H3,(H,23,27). The number of hydrazine groups is 1. The summed E-state index contributed by atoms with van der Waals surface area (Å²) in [6, 6.07) is 15.6. The van der Waals surface area contributed by atoms with Crippen LogP contribution in [-0.2, 0) is 10.2 Å². The van der Waals surface area contributed by atoms with Crippen molar-refractivity contribution in [3.05, 3.63) is 65.2 Å². The second kappa shape index (κ2) is 6.72. The highest BCUT2D eigenvalue weighted by Gasteiger charge is 2.54. The van der Waals surface area contributed by atoms with Gasteiger partial charge in [-0.3, -0.25) is 4.79 Å². The number of carbonyl (C=O) groups excluding carboxylic acids is 2. The lowest BCUT2D eigenvalue weighted by Crippen LogP contribution is -2.50. The number of carbonyl (C=O) groups is 2. The Labute approximate surface area is 159 Å². The van der Waals surface area contributed by atoms with Crippen molar-refractivity contribution in [2.24, 2.45) is 0 Å². The zero-order chi connectivity index (χ0) is 19.0. The second-order valence-corrected chi connectivity index (χ2v) is 7.55. The number of hydrogen-bond acceptors (Lipinski definition) is 2. The van der Waals surface area contributed by atoms with E-state index in [9.17, 15) is 9.59 Å². The highest BCUT2D eigenvalue weighted by Crippen LogP contribution is 2.50. The molecule has 1 N–H and O–H groups in total. The zero-order valence-corrected chi connectivity index (χ0v) is 15.9. The van der Waals surface area contributed by atoms with Crippen molar-refractivity contribution in [1.29, 1.82) is 0 Å². The van der Waals surface area contributed by atoms with Crippen LogP contribution in [0.4, 0.5) is 10.5 Å². The van der Waals surface area contributed by atoms with Gasteiger partial charge in [0.15, 0.2) is 0 Å². The first-order valence-electron chi connectivity index (χ1n) is 9.55. The molecule has 0 radical (unpaired) electrons. The largest absolute Gasteiger partial charge is 0.340 e. The van der Waals surface area contributed by atoms with Gasteiger partial charge in [-0.2, -0.15) is 0 Å². The van der Waals surface area contributed by atoms with Crippen LogP contribution in [0.2, 0.25) is 0 Å². The Morgan fingerprint density at radius 2 is 1.52 bits per heavy atom. The Hall–Kier alpha value is -2.82. The van der Waals surface area contributed by atoms with Gasteiger partial charge >= 0.3 is 6.03 Å². The Bertz CT molecular complexity index is 854. The van der Waals surface area contributed by atoms with Crippen LogP contribution in [-0.4, -0.2) is 35.0 Å². The van der Waals surface area contributed by atoms with Crippen molar-refractivity contribution in [3.63, 3.8) is 0 Å². The molecule has 4 rings (SSSR count).